The molecule has 0 amide bonds. The number of nitrogens with zero attached hydrogens (tertiary/aromatic N) is 2. The van der Waals surface area contributed by atoms with Crippen LogP contribution in [0.1, 0.15) is 6.92 Å². The van der Waals surface area contributed by atoms with Crippen LogP contribution in [-0.4, -0.2) is 32.1 Å². The monoisotopic (exact) mass is 287 g/mol. The zero-order valence-corrected chi connectivity index (χ0v) is 11.0. The first kappa shape index (κ1) is 15.0. The number of nitro groups is 2. The molecule has 0 saturated carbocycles. The number of nitro benzene ring substituents is 2. The fraction of sp³-hybridized carbons (Fsp3) is 0.400. The summed E-state index contributed by atoms with van der Waals surface area (Å²) in [7, 11) is -0.970. The van der Waals surface area contributed by atoms with Gasteiger partial charge in [-0.25, -0.2) is 0 Å². The SMILES string of the molecule is CCS(=O)CCNc1ccc([N+](=O)[O-])cc1[N+](=O)[O-]. The Kier molecular flexibility index (Phi) is 5.37. The number of benzene rings is 1. The van der Waals surface area contributed by atoms with Gasteiger partial charge >= 0.3 is 0 Å². The van der Waals surface area contributed by atoms with E-state index in [4.69, 9.17) is 0 Å². The molecule has 0 aliphatic rings. The lowest BCUT2D eigenvalue weighted by Gasteiger charge is -2.06. The molecule has 0 fully saturated rings. The molecule has 1 atom stereocenters. The minimum absolute atomic E-state index is 0.184. The first-order valence-electron chi connectivity index (χ1n) is 5.47. The predicted octanol–water partition coefficient (Wildman–Crippen LogP) is 1.68. The molecule has 0 heterocycles. The lowest BCUT2D eigenvalue weighted by Crippen LogP contribution is -2.13. The topological polar surface area (TPSA) is 115 Å². The first-order valence-corrected chi connectivity index (χ1v) is 6.96. The van der Waals surface area contributed by atoms with Gasteiger partial charge in [-0.15, -0.1) is 0 Å². The Morgan fingerprint density at radius 3 is 2.47 bits per heavy atom. The summed E-state index contributed by atoms with van der Waals surface area (Å²) in [5.74, 6) is 0.884. The van der Waals surface area contributed by atoms with Gasteiger partial charge in [0.05, 0.1) is 15.9 Å². The lowest BCUT2D eigenvalue weighted by atomic mass is 10.2. The van der Waals surface area contributed by atoms with E-state index in [9.17, 15) is 24.4 Å². The van der Waals surface area contributed by atoms with E-state index in [-0.39, 0.29) is 17.1 Å². The van der Waals surface area contributed by atoms with Crippen LogP contribution >= 0.6 is 0 Å². The zero-order valence-electron chi connectivity index (χ0n) is 10.2. The normalized spacial score (nSPS) is 11.8. The highest BCUT2D eigenvalue weighted by molar-refractivity contribution is 7.84. The van der Waals surface area contributed by atoms with Gasteiger partial charge in [0, 0.05) is 34.9 Å². The standard InChI is InChI=1S/C10H13N3O5S/c1-2-19(18)6-5-11-9-4-3-8(12(14)15)7-10(9)13(16)17/h3-4,7,11H,2,5-6H2,1H3. The van der Waals surface area contributed by atoms with E-state index in [0.29, 0.717) is 18.1 Å². The number of non-ortho nitro benzene ring substituents is 1. The summed E-state index contributed by atoms with van der Waals surface area (Å²) in [6.07, 6.45) is 0. The van der Waals surface area contributed by atoms with Gasteiger partial charge in [0.1, 0.15) is 5.69 Å². The molecule has 1 aromatic rings. The fourth-order valence-corrected chi connectivity index (χ4v) is 2.00. The van der Waals surface area contributed by atoms with Crippen molar-refractivity contribution in [2.75, 3.05) is 23.4 Å². The van der Waals surface area contributed by atoms with Crippen molar-refractivity contribution in [2.24, 2.45) is 0 Å². The van der Waals surface area contributed by atoms with Gasteiger partial charge in [0.15, 0.2) is 0 Å². The summed E-state index contributed by atoms with van der Waals surface area (Å²) in [6, 6.07) is 3.37. The van der Waals surface area contributed by atoms with Crippen LogP contribution in [0.4, 0.5) is 17.1 Å². The van der Waals surface area contributed by atoms with Crippen LogP contribution < -0.4 is 5.32 Å². The van der Waals surface area contributed by atoms with E-state index in [1.807, 2.05) is 0 Å². The molecule has 0 radical (unpaired) electrons. The number of rotatable bonds is 7. The molecule has 0 spiro atoms. The lowest BCUT2D eigenvalue weighted by molar-refractivity contribution is -0.393. The van der Waals surface area contributed by atoms with Crippen LogP contribution in [0.15, 0.2) is 18.2 Å². The van der Waals surface area contributed by atoms with E-state index in [1.54, 1.807) is 6.92 Å². The van der Waals surface area contributed by atoms with Gasteiger partial charge in [0.25, 0.3) is 11.4 Å². The Morgan fingerprint density at radius 1 is 1.26 bits per heavy atom. The summed E-state index contributed by atoms with van der Waals surface area (Å²) in [5.41, 5.74) is -0.519. The minimum Gasteiger partial charge on any atom is -0.379 e. The zero-order chi connectivity index (χ0) is 14.4. The van der Waals surface area contributed by atoms with E-state index >= 15 is 0 Å². The van der Waals surface area contributed by atoms with Crippen molar-refractivity contribution in [3.05, 3.63) is 38.4 Å². The summed E-state index contributed by atoms with van der Waals surface area (Å²) in [5, 5.41) is 24.2. The maximum Gasteiger partial charge on any atom is 0.299 e. The Morgan fingerprint density at radius 2 is 1.95 bits per heavy atom. The van der Waals surface area contributed by atoms with Gasteiger partial charge in [-0.3, -0.25) is 24.4 Å². The summed E-state index contributed by atoms with van der Waals surface area (Å²) in [6.45, 7) is 2.09. The van der Waals surface area contributed by atoms with Crippen LogP contribution in [0.2, 0.25) is 0 Å². The molecule has 0 aliphatic carbocycles. The summed E-state index contributed by atoms with van der Waals surface area (Å²) in [4.78, 5) is 20.0. The van der Waals surface area contributed by atoms with Crippen LogP contribution in [0.25, 0.3) is 0 Å². The molecule has 104 valence electrons. The minimum atomic E-state index is -0.970. The molecule has 0 aliphatic heterocycles. The third-order valence-electron chi connectivity index (χ3n) is 2.36. The quantitative estimate of drug-likeness (QED) is 0.602. The Balaban J connectivity index is 2.85. The Bertz CT molecular complexity index is 520. The predicted molar refractivity (Wildman–Crippen MR) is 71.8 cm³/mol. The van der Waals surface area contributed by atoms with Gasteiger partial charge in [-0.05, 0) is 6.07 Å². The van der Waals surface area contributed by atoms with E-state index in [0.717, 1.165) is 6.07 Å². The molecule has 8 nitrogen and oxygen atoms in total. The number of hydrogen-bond acceptors (Lipinski definition) is 6. The Hall–Kier alpha value is -2.03. The molecule has 1 aromatic carbocycles. The van der Waals surface area contributed by atoms with Gasteiger partial charge in [0.2, 0.25) is 0 Å². The van der Waals surface area contributed by atoms with E-state index in [2.05, 4.69) is 5.32 Å². The molecule has 0 bridgehead atoms. The second kappa shape index (κ2) is 6.78. The molecule has 0 aromatic heterocycles. The second-order valence-corrected chi connectivity index (χ2v) is 5.44. The van der Waals surface area contributed by atoms with Crippen LogP contribution in [0.3, 0.4) is 0 Å². The molecular formula is C10H13N3O5S. The molecule has 9 heteroatoms. The van der Waals surface area contributed by atoms with Crippen molar-refractivity contribution >= 4 is 27.9 Å². The smallest absolute Gasteiger partial charge is 0.299 e. The molecule has 0 saturated heterocycles. The number of nitrogens with one attached hydrogen (secondary N) is 1. The van der Waals surface area contributed by atoms with Crippen LogP contribution in [0.5, 0.6) is 0 Å². The summed E-state index contributed by atoms with van der Waals surface area (Å²) >= 11 is 0. The number of hydrogen-bond donors (Lipinski definition) is 1. The van der Waals surface area contributed by atoms with Gasteiger partial charge < -0.3 is 5.32 Å². The molecule has 1 rings (SSSR count). The average Bonchev–Trinajstić information content (AvgIpc) is 2.38. The highest BCUT2D eigenvalue weighted by Crippen LogP contribution is 2.28. The van der Waals surface area contributed by atoms with Crippen molar-refractivity contribution in [1.29, 1.82) is 0 Å². The maximum atomic E-state index is 11.2. The molecule has 1 unspecified atom stereocenters. The van der Waals surface area contributed by atoms with Crippen molar-refractivity contribution in [1.82, 2.24) is 0 Å². The molecular weight excluding hydrogens is 274 g/mol. The van der Waals surface area contributed by atoms with E-state index in [1.165, 1.54) is 12.1 Å². The van der Waals surface area contributed by atoms with Crippen molar-refractivity contribution in [3.8, 4) is 0 Å². The maximum absolute atomic E-state index is 11.2. The van der Waals surface area contributed by atoms with Gasteiger partial charge in [-0.1, -0.05) is 6.92 Å². The van der Waals surface area contributed by atoms with Crippen LogP contribution in [-0.2, 0) is 10.8 Å². The number of anilines is 1. The fourth-order valence-electron chi connectivity index (χ4n) is 1.38. The first-order chi connectivity index (χ1) is 8.95. The summed E-state index contributed by atoms with van der Waals surface area (Å²) < 4.78 is 11.2. The molecule has 19 heavy (non-hydrogen) atoms. The van der Waals surface area contributed by atoms with Crippen molar-refractivity contribution in [3.63, 3.8) is 0 Å². The van der Waals surface area contributed by atoms with Gasteiger partial charge in [-0.2, -0.15) is 0 Å². The van der Waals surface area contributed by atoms with Crippen molar-refractivity contribution < 1.29 is 14.1 Å². The van der Waals surface area contributed by atoms with Crippen molar-refractivity contribution in [2.45, 2.75) is 6.92 Å². The third kappa shape index (κ3) is 4.28. The second-order valence-electron chi connectivity index (χ2n) is 3.58. The average molecular weight is 287 g/mol. The highest BCUT2D eigenvalue weighted by atomic mass is 32.2. The van der Waals surface area contributed by atoms with E-state index < -0.39 is 20.6 Å². The third-order valence-corrected chi connectivity index (χ3v) is 3.66. The molecule has 1 N–H and O–H groups in total. The highest BCUT2D eigenvalue weighted by Gasteiger charge is 2.19. The van der Waals surface area contributed by atoms with Crippen LogP contribution in [0, 0.1) is 20.2 Å². The Labute approximate surface area is 111 Å². The largest absolute Gasteiger partial charge is 0.379 e.